The minimum absolute atomic E-state index is 0.0420. The van der Waals surface area contributed by atoms with Crippen LogP contribution in [0.3, 0.4) is 0 Å². The Bertz CT molecular complexity index is 778. The zero-order valence-electron chi connectivity index (χ0n) is 12.6. The third-order valence-electron chi connectivity index (χ3n) is 4.34. The van der Waals surface area contributed by atoms with Crippen LogP contribution in [0.25, 0.3) is 0 Å². The van der Waals surface area contributed by atoms with Crippen molar-refractivity contribution in [1.82, 2.24) is 0 Å². The lowest BCUT2D eigenvalue weighted by molar-refractivity contribution is 0.222. The van der Waals surface area contributed by atoms with Gasteiger partial charge in [-0.1, -0.05) is 78.4 Å². The third kappa shape index (κ3) is 2.19. The summed E-state index contributed by atoms with van der Waals surface area (Å²) < 4.78 is 6.32. The monoisotopic (exact) mass is 286 g/mol. The molecule has 0 unspecified atom stereocenters. The first-order valence-electron chi connectivity index (χ1n) is 7.70. The van der Waals surface area contributed by atoms with Gasteiger partial charge in [-0.25, -0.2) is 0 Å². The summed E-state index contributed by atoms with van der Waals surface area (Å²) in [5.74, 6) is 1.26. The molecule has 22 heavy (non-hydrogen) atoms. The fourth-order valence-electron chi connectivity index (χ4n) is 3.30. The highest BCUT2D eigenvalue weighted by molar-refractivity contribution is 5.50. The van der Waals surface area contributed by atoms with Crippen LogP contribution in [0.4, 0.5) is 0 Å². The lowest BCUT2D eigenvalue weighted by atomic mass is 9.85. The fraction of sp³-hybridized carbons (Fsp3) is 0.143. The highest BCUT2D eigenvalue weighted by Crippen LogP contribution is 2.49. The molecule has 1 aliphatic heterocycles. The van der Waals surface area contributed by atoms with Crippen molar-refractivity contribution in [2.75, 3.05) is 0 Å². The number of rotatable bonds is 2. The molecule has 1 heterocycles. The molecule has 0 saturated carbocycles. The van der Waals surface area contributed by atoms with Crippen LogP contribution in [0.15, 0.2) is 78.9 Å². The highest BCUT2D eigenvalue weighted by atomic mass is 16.5. The van der Waals surface area contributed by atoms with E-state index in [9.17, 15) is 0 Å². The van der Waals surface area contributed by atoms with Crippen LogP contribution in [0, 0.1) is 6.92 Å². The van der Waals surface area contributed by atoms with Crippen molar-refractivity contribution in [1.29, 1.82) is 0 Å². The van der Waals surface area contributed by atoms with Crippen LogP contribution in [-0.2, 0) is 0 Å². The molecule has 1 nitrogen and oxygen atoms in total. The Kier molecular flexibility index (Phi) is 3.19. The maximum atomic E-state index is 6.32. The Morgan fingerprint density at radius 3 is 2.05 bits per heavy atom. The summed E-state index contributed by atoms with van der Waals surface area (Å²) in [5, 5.41) is 0. The largest absolute Gasteiger partial charge is 0.484 e. The summed E-state index contributed by atoms with van der Waals surface area (Å²) in [4.78, 5) is 0. The molecule has 0 amide bonds. The molecule has 2 atom stereocenters. The molecular weight excluding hydrogens is 268 g/mol. The maximum absolute atomic E-state index is 6.32. The van der Waals surface area contributed by atoms with Crippen molar-refractivity contribution >= 4 is 0 Å². The topological polar surface area (TPSA) is 9.23 Å². The van der Waals surface area contributed by atoms with E-state index in [-0.39, 0.29) is 12.0 Å². The third-order valence-corrected chi connectivity index (χ3v) is 4.34. The van der Waals surface area contributed by atoms with Gasteiger partial charge in [-0.3, -0.25) is 0 Å². The second kappa shape index (κ2) is 5.34. The standard InChI is InChI=1S/C21H18O/c1-15-12-13-19-18(14-15)20(16-8-4-2-5-9-16)21(22-19)17-10-6-3-7-11-17/h2-14,20-21H,1H3/t20-,21-/m1/s1. The zero-order chi connectivity index (χ0) is 14.9. The SMILES string of the molecule is Cc1ccc2c(c1)[C@@H](c1ccccc1)[C@@H](c1ccccc1)O2. The van der Waals surface area contributed by atoms with Gasteiger partial charge in [-0.2, -0.15) is 0 Å². The van der Waals surface area contributed by atoms with Gasteiger partial charge in [0.25, 0.3) is 0 Å². The van der Waals surface area contributed by atoms with Crippen molar-refractivity contribution < 1.29 is 4.74 Å². The van der Waals surface area contributed by atoms with Crippen LogP contribution in [0.1, 0.15) is 34.3 Å². The number of benzene rings is 3. The van der Waals surface area contributed by atoms with Crippen LogP contribution in [0.2, 0.25) is 0 Å². The van der Waals surface area contributed by atoms with E-state index in [1.165, 1.54) is 22.3 Å². The molecule has 1 heteroatoms. The van der Waals surface area contributed by atoms with Gasteiger partial charge in [-0.15, -0.1) is 0 Å². The van der Waals surface area contributed by atoms with Gasteiger partial charge in [0, 0.05) is 5.56 Å². The van der Waals surface area contributed by atoms with E-state index in [4.69, 9.17) is 4.74 Å². The molecular formula is C21H18O. The van der Waals surface area contributed by atoms with E-state index in [1.807, 2.05) is 6.07 Å². The van der Waals surface area contributed by atoms with E-state index < -0.39 is 0 Å². The van der Waals surface area contributed by atoms with Crippen molar-refractivity contribution in [3.63, 3.8) is 0 Å². The molecule has 0 saturated heterocycles. The highest BCUT2D eigenvalue weighted by Gasteiger charge is 2.36. The van der Waals surface area contributed by atoms with Gasteiger partial charge < -0.3 is 4.74 Å². The average molecular weight is 286 g/mol. The first-order valence-corrected chi connectivity index (χ1v) is 7.70. The summed E-state index contributed by atoms with van der Waals surface area (Å²) in [7, 11) is 0. The van der Waals surface area contributed by atoms with Gasteiger partial charge >= 0.3 is 0 Å². The molecule has 0 N–H and O–H groups in total. The molecule has 0 aliphatic carbocycles. The quantitative estimate of drug-likeness (QED) is 0.624. The Labute approximate surface area is 131 Å². The van der Waals surface area contributed by atoms with Gasteiger partial charge in [-0.05, 0) is 24.1 Å². The number of hydrogen-bond donors (Lipinski definition) is 0. The molecule has 108 valence electrons. The van der Waals surface area contributed by atoms with E-state index >= 15 is 0 Å². The number of ether oxygens (including phenoxy) is 1. The van der Waals surface area contributed by atoms with Crippen LogP contribution in [-0.4, -0.2) is 0 Å². The molecule has 0 bridgehead atoms. The molecule has 4 rings (SSSR count). The summed E-state index contributed by atoms with van der Waals surface area (Å²) in [6, 6.07) is 27.6. The predicted octanol–water partition coefficient (Wildman–Crippen LogP) is 5.26. The normalized spacial score (nSPS) is 19.5. The lowest BCUT2D eigenvalue weighted by Gasteiger charge is -2.20. The smallest absolute Gasteiger partial charge is 0.135 e. The van der Waals surface area contributed by atoms with Crippen LogP contribution in [0.5, 0.6) is 5.75 Å². The molecule has 0 fully saturated rings. The number of aryl methyl sites for hydroxylation is 1. The maximum Gasteiger partial charge on any atom is 0.135 e. The number of hydrogen-bond acceptors (Lipinski definition) is 1. The molecule has 0 aromatic heterocycles. The van der Waals surface area contributed by atoms with E-state index in [0.29, 0.717) is 0 Å². The molecule has 0 radical (unpaired) electrons. The number of fused-ring (bicyclic) bond motifs is 1. The fourth-order valence-corrected chi connectivity index (χ4v) is 3.30. The van der Waals surface area contributed by atoms with Crippen molar-refractivity contribution in [2.45, 2.75) is 18.9 Å². The summed E-state index contributed by atoms with van der Waals surface area (Å²) in [5.41, 5.74) is 5.10. The Morgan fingerprint density at radius 2 is 1.36 bits per heavy atom. The van der Waals surface area contributed by atoms with E-state index in [2.05, 4.69) is 79.7 Å². The van der Waals surface area contributed by atoms with Crippen molar-refractivity contribution in [3.05, 3.63) is 101 Å². The Hall–Kier alpha value is -2.54. The van der Waals surface area contributed by atoms with Gasteiger partial charge in [0.2, 0.25) is 0 Å². The average Bonchev–Trinajstić information content (AvgIpc) is 2.95. The first-order chi connectivity index (χ1) is 10.8. The molecule has 0 spiro atoms. The second-order valence-corrected chi connectivity index (χ2v) is 5.88. The lowest BCUT2D eigenvalue weighted by Crippen LogP contribution is -2.11. The van der Waals surface area contributed by atoms with Crippen molar-refractivity contribution in [2.24, 2.45) is 0 Å². The van der Waals surface area contributed by atoms with Gasteiger partial charge in [0.15, 0.2) is 0 Å². The predicted molar refractivity (Wildman–Crippen MR) is 89.3 cm³/mol. The Morgan fingerprint density at radius 1 is 0.727 bits per heavy atom. The van der Waals surface area contributed by atoms with Crippen LogP contribution < -0.4 is 4.74 Å². The van der Waals surface area contributed by atoms with Crippen LogP contribution >= 0.6 is 0 Å². The summed E-state index contributed by atoms with van der Waals surface area (Å²) >= 11 is 0. The zero-order valence-corrected chi connectivity index (χ0v) is 12.6. The molecule has 3 aromatic carbocycles. The summed E-state index contributed by atoms with van der Waals surface area (Å²) in [6.07, 6.45) is 0.0420. The van der Waals surface area contributed by atoms with Gasteiger partial charge in [0.05, 0.1) is 5.92 Å². The summed E-state index contributed by atoms with van der Waals surface area (Å²) in [6.45, 7) is 2.14. The van der Waals surface area contributed by atoms with Gasteiger partial charge in [0.1, 0.15) is 11.9 Å². The second-order valence-electron chi connectivity index (χ2n) is 5.88. The molecule has 3 aromatic rings. The van der Waals surface area contributed by atoms with E-state index in [0.717, 1.165) is 5.75 Å². The minimum atomic E-state index is 0.0420. The molecule has 1 aliphatic rings. The minimum Gasteiger partial charge on any atom is -0.484 e. The Balaban J connectivity index is 1.86. The van der Waals surface area contributed by atoms with Crippen molar-refractivity contribution in [3.8, 4) is 5.75 Å². The first kappa shape index (κ1) is 13.1. The van der Waals surface area contributed by atoms with E-state index in [1.54, 1.807) is 0 Å².